The molecule has 1 saturated heterocycles. The van der Waals surface area contributed by atoms with Crippen LogP contribution in [0.3, 0.4) is 0 Å². The molecule has 1 aliphatic heterocycles. The van der Waals surface area contributed by atoms with Crippen molar-refractivity contribution in [3.8, 4) is 5.75 Å². The molecule has 1 aromatic carbocycles. The first-order valence-corrected chi connectivity index (χ1v) is 15.9. The van der Waals surface area contributed by atoms with Gasteiger partial charge in [-0.3, -0.25) is 0 Å². The Morgan fingerprint density at radius 1 is 1.09 bits per heavy atom. The summed E-state index contributed by atoms with van der Waals surface area (Å²) in [4.78, 5) is 2.65. The van der Waals surface area contributed by atoms with Gasteiger partial charge in [-0.1, -0.05) is 22.9 Å². The molecule has 0 N–H and O–H groups in total. The lowest BCUT2D eigenvalue weighted by Crippen LogP contribution is -2.41. The van der Waals surface area contributed by atoms with E-state index < -0.39 is 10.0 Å². The first-order chi connectivity index (χ1) is 16.2. The van der Waals surface area contributed by atoms with Gasteiger partial charge in [0, 0.05) is 17.1 Å². The molecular weight excluding hydrogens is 512 g/mol. The Morgan fingerprint density at radius 3 is 2.35 bits per heavy atom. The van der Waals surface area contributed by atoms with Crippen LogP contribution in [0.5, 0.6) is 5.75 Å². The molecule has 0 atom stereocenters. The molecule has 0 unspecified atom stereocenters. The Hall–Kier alpha value is -0.630. The minimum absolute atomic E-state index is 0.200. The van der Waals surface area contributed by atoms with E-state index in [0.29, 0.717) is 6.54 Å². The Bertz CT molecular complexity index is 861. The van der Waals surface area contributed by atoms with Crippen LogP contribution in [0.4, 0.5) is 0 Å². The van der Waals surface area contributed by atoms with Crippen LogP contribution in [0, 0.1) is 11.8 Å². The molecule has 0 bridgehead atoms. The highest BCUT2D eigenvalue weighted by Crippen LogP contribution is 2.32. The first-order valence-electron chi connectivity index (χ1n) is 13.3. The number of hydrogen-bond acceptors (Lipinski definition) is 4. The van der Waals surface area contributed by atoms with Crippen LogP contribution >= 0.6 is 15.9 Å². The number of rotatable bonds is 11. The standard InChI is InChI=1S/C27H45BrN2O3S/c1-5-30(34(4,31)32)25-10-8-22(9-11-25)7-6-16-29-17-14-23(15-18-29)19-24-20-26(33-21(2)3)12-13-27(24)28/h12-13,20-23,25H,5-11,14-19H2,1-4H3. The average molecular weight is 558 g/mol. The Morgan fingerprint density at radius 2 is 1.76 bits per heavy atom. The smallest absolute Gasteiger partial charge is 0.211 e. The predicted octanol–water partition coefficient (Wildman–Crippen LogP) is 6.11. The van der Waals surface area contributed by atoms with Gasteiger partial charge < -0.3 is 9.64 Å². The summed E-state index contributed by atoms with van der Waals surface area (Å²) in [6, 6.07) is 6.60. The zero-order valence-corrected chi connectivity index (χ0v) is 24.0. The molecule has 1 heterocycles. The monoisotopic (exact) mass is 556 g/mol. The fourth-order valence-electron chi connectivity index (χ4n) is 5.87. The molecule has 0 radical (unpaired) electrons. The van der Waals surface area contributed by atoms with Gasteiger partial charge in [0.1, 0.15) is 5.75 Å². The second kappa shape index (κ2) is 13.1. The van der Waals surface area contributed by atoms with Gasteiger partial charge in [-0.05, 0) is 127 Å². The summed E-state index contributed by atoms with van der Waals surface area (Å²) >= 11 is 3.73. The third-order valence-electron chi connectivity index (χ3n) is 7.65. The largest absolute Gasteiger partial charge is 0.491 e. The van der Waals surface area contributed by atoms with E-state index in [1.807, 2.05) is 13.0 Å². The predicted molar refractivity (Wildman–Crippen MR) is 145 cm³/mol. The summed E-state index contributed by atoms with van der Waals surface area (Å²) in [6.45, 7) is 10.3. The zero-order valence-electron chi connectivity index (χ0n) is 21.6. The maximum atomic E-state index is 12.0. The lowest BCUT2D eigenvalue weighted by atomic mass is 9.83. The van der Waals surface area contributed by atoms with Crippen molar-refractivity contribution in [3.05, 3.63) is 28.2 Å². The van der Waals surface area contributed by atoms with E-state index in [0.717, 1.165) is 36.8 Å². The lowest BCUT2D eigenvalue weighted by Gasteiger charge is -2.35. The fraction of sp³-hybridized carbons (Fsp3) is 0.778. The summed E-state index contributed by atoms with van der Waals surface area (Å²) in [5.74, 6) is 2.48. The second-order valence-corrected chi connectivity index (χ2v) is 13.5. The number of benzene rings is 1. The SMILES string of the molecule is CCN(C1CCC(CCCN2CCC(Cc3cc(OC(C)C)ccc3Br)CC2)CC1)S(C)(=O)=O. The van der Waals surface area contributed by atoms with Crippen molar-refractivity contribution >= 4 is 26.0 Å². The summed E-state index contributed by atoms with van der Waals surface area (Å²) in [5, 5.41) is 0. The molecule has 2 aliphatic rings. The number of nitrogens with zero attached hydrogens (tertiary/aromatic N) is 2. The Labute approximate surface area is 216 Å². The molecular formula is C27H45BrN2O3S. The average Bonchev–Trinajstić information content (AvgIpc) is 2.77. The van der Waals surface area contributed by atoms with E-state index in [4.69, 9.17) is 4.74 Å². The van der Waals surface area contributed by atoms with Crippen LogP contribution < -0.4 is 4.74 Å². The van der Waals surface area contributed by atoms with Crippen LogP contribution in [0.25, 0.3) is 0 Å². The lowest BCUT2D eigenvalue weighted by molar-refractivity contribution is 0.169. The number of ether oxygens (including phenoxy) is 1. The van der Waals surface area contributed by atoms with Crippen molar-refractivity contribution in [1.82, 2.24) is 9.21 Å². The van der Waals surface area contributed by atoms with Crippen molar-refractivity contribution in [2.45, 2.75) is 90.7 Å². The van der Waals surface area contributed by atoms with Crippen molar-refractivity contribution in [2.24, 2.45) is 11.8 Å². The van der Waals surface area contributed by atoms with Crippen molar-refractivity contribution < 1.29 is 13.2 Å². The second-order valence-electron chi connectivity index (χ2n) is 10.7. The topological polar surface area (TPSA) is 49.9 Å². The number of halogens is 1. The van der Waals surface area contributed by atoms with Gasteiger partial charge in [0.2, 0.25) is 10.0 Å². The van der Waals surface area contributed by atoms with E-state index >= 15 is 0 Å². The van der Waals surface area contributed by atoms with Crippen LogP contribution in [-0.4, -0.2) is 62.2 Å². The number of hydrogen-bond donors (Lipinski definition) is 0. The summed E-state index contributed by atoms with van der Waals surface area (Å²) in [5.41, 5.74) is 1.37. The van der Waals surface area contributed by atoms with Gasteiger partial charge in [0.25, 0.3) is 0 Å². The molecule has 1 aliphatic carbocycles. The van der Waals surface area contributed by atoms with Crippen LogP contribution in [-0.2, 0) is 16.4 Å². The molecule has 0 spiro atoms. The molecule has 0 aromatic heterocycles. The molecule has 3 rings (SSSR count). The highest BCUT2D eigenvalue weighted by molar-refractivity contribution is 9.10. The molecule has 7 heteroatoms. The summed E-state index contributed by atoms with van der Waals surface area (Å²) in [7, 11) is -3.08. The molecule has 5 nitrogen and oxygen atoms in total. The van der Waals surface area contributed by atoms with Crippen LogP contribution in [0.15, 0.2) is 22.7 Å². The Kier molecular flexibility index (Phi) is 10.7. The molecule has 1 saturated carbocycles. The number of likely N-dealkylation sites (tertiary alicyclic amines) is 1. The third kappa shape index (κ3) is 8.49. The van der Waals surface area contributed by atoms with Crippen LogP contribution in [0.1, 0.15) is 77.7 Å². The zero-order chi connectivity index (χ0) is 24.7. The third-order valence-corrected chi connectivity index (χ3v) is 9.83. The van der Waals surface area contributed by atoms with E-state index in [-0.39, 0.29) is 12.1 Å². The quantitative estimate of drug-likeness (QED) is 0.330. The van der Waals surface area contributed by atoms with Gasteiger partial charge in [0.15, 0.2) is 0 Å². The molecule has 0 amide bonds. The summed E-state index contributed by atoms with van der Waals surface area (Å²) < 4.78 is 32.8. The number of sulfonamides is 1. The van der Waals surface area contributed by atoms with Gasteiger partial charge in [0.05, 0.1) is 12.4 Å². The number of piperidine rings is 1. The van der Waals surface area contributed by atoms with Gasteiger partial charge in [-0.15, -0.1) is 0 Å². The van der Waals surface area contributed by atoms with Crippen molar-refractivity contribution in [3.63, 3.8) is 0 Å². The maximum Gasteiger partial charge on any atom is 0.211 e. The molecule has 2 fully saturated rings. The van der Waals surface area contributed by atoms with Crippen molar-refractivity contribution in [1.29, 1.82) is 0 Å². The normalized spacial score (nSPS) is 23.0. The maximum absolute atomic E-state index is 12.0. The van der Waals surface area contributed by atoms with Gasteiger partial charge in [-0.2, -0.15) is 4.31 Å². The molecule has 194 valence electrons. The van der Waals surface area contributed by atoms with E-state index in [9.17, 15) is 8.42 Å². The van der Waals surface area contributed by atoms with Crippen molar-refractivity contribution in [2.75, 3.05) is 32.4 Å². The fourth-order valence-corrected chi connectivity index (χ4v) is 7.50. The van der Waals surface area contributed by atoms with E-state index in [1.54, 1.807) is 4.31 Å². The van der Waals surface area contributed by atoms with Gasteiger partial charge >= 0.3 is 0 Å². The van der Waals surface area contributed by atoms with Crippen LogP contribution in [0.2, 0.25) is 0 Å². The van der Waals surface area contributed by atoms with E-state index in [1.165, 1.54) is 74.5 Å². The molecule has 1 aromatic rings. The Balaban J connectivity index is 1.34. The first kappa shape index (κ1) is 27.9. The summed E-state index contributed by atoms with van der Waals surface area (Å²) in [6.07, 6.45) is 12.2. The highest BCUT2D eigenvalue weighted by Gasteiger charge is 2.29. The minimum Gasteiger partial charge on any atom is -0.491 e. The van der Waals surface area contributed by atoms with E-state index in [2.05, 4.69) is 46.8 Å². The minimum atomic E-state index is -3.08. The van der Waals surface area contributed by atoms with Gasteiger partial charge in [-0.25, -0.2) is 8.42 Å². The molecule has 34 heavy (non-hydrogen) atoms. The highest BCUT2D eigenvalue weighted by atomic mass is 79.9.